The summed E-state index contributed by atoms with van der Waals surface area (Å²) in [5, 5.41) is 28.1. The minimum atomic E-state index is -1.18. The summed E-state index contributed by atoms with van der Waals surface area (Å²) in [5.41, 5.74) is 0. The number of nitrogens with one attached hydrogen (secondary N) is 3. The third-order valence-corrected chi connectivity index (χ3v) is 1.08. The van der Waals surface area contributed by atoms with E-state index in [9.17, 15) is 29.7 Å². The van der Waals surface area contributed by atoms with Gasteiger partial charge in [-0.15, -0.1) is 0 Å². The number of carbonyl (C=O) groups excluding carboxylic acids is 3. The Morgan fingerprint density at radius 2 is 0.800 bits per heavy atom. The molecule has 118 valence electrons. The molecule has 0 aliphatic heterocycles. The Labute approximate surface area is 153 Å². The summed E-state index contributed by atoms with van der Waals surface area (Å²) in [6.45, 7) is -0.764. The second-order valence-corrected chi connectivity index (χ2v) is 2.95. The van der Waals surface area contributed by atoms with E-state index in [2.05, 4.69) is 38.4 Å². The Morgan fingerprint density at radius 3 is 0.800 bits per heavy atom. The van der Waals surface area contributed by atoms with Crippen LogP contribution in [0.1, 0.15) is 0 Å². The minimum Gasteiger partial charge on any atom is -0.705 e. The van der Waals surface area contributed by atoms with E-state index in [0.29, 0.717) is 0 Å². The number of hydrogen-bond acceptors (Lipinski definition) is 12. The van der Waals surface area contributed by atoms with Crippen molar-refractivity contribution in [3.8, 4) is 0 Å². The van der Waals surface area contributed by atoms with Crippen molar-refractivity contribution in [3.63, 3.8) is 0 Å². The van der Waals surface area contributed by atoms with Crippen LogP contribution in [0.15, 0.2) is 0 Å². The van der Waals surface area contributed by atoms with Crippen molar-refractivity contribution in [2.24, 2.45) is 0 Å². The third-order valence-electron chi connectivity index (χ3n) is 0.650. The third kappa shape index (κ3) is 63.1. The maximum atomic E-state index is 9.36. The van der Waals surface area contributed by atoms with Crippen molar-refractivity contribution in [2.75, 3.05) is 19.6 Å². The smallest absolute Gasteiger partial charge is 0.705 e. The van der Waals surface area contributed by atoms with Crippen LogP contribution < -0.4 is 29.5 Å². The zero-order valence-corrected chi connectivity index (χ0v) is 14.2. The number of aliphatic carboxylic acids is 3. The molecule has 0 rings (SSSR count). The first-order valence-electron chi connectivity index (χ1n) is 3.96. The first-order valence-corrected chi connectivity index (χ1v) is 5.18. The molecule has 3 N–H and O–H groups in total. The van der Waals surface area contributed by atoms with E-state index < -0.39 is 17.9 Å². The molecule has 20 heavy (non-hydrogen) atoms. The van der Waals surface area contributed by atoms with E-state index in [-0.39, 0.29) is 53.8 Å². The van der Waals surface area contributed by atoms with Gasteiger partial charge in [-0.1, -0.05) is 0 Å². The average Bonchev–Trinajstić information content (AvgIpc) is 2.18. The molecule has 0 aromatic carbocycles. The van der Waals surface area contributed by atoms with Crippen molar-refractivity contribution in [1.29, 1.82) is 0 Å². The SMILES string of the molecule is O=C([O-])CN[S-].O=C([O-])CN[S-].O=C([O-])CN[S-].[Fe+3].[Fe+3]. The zero-order chi connectivity index (χ0) is 15.0. The summed E-state index contributed by atoms with van der Waals surface area (Å²) >= 11 is 12.2. The Bertz CT molecular complexity index is 214. The van der Waals surface area contributed by atoms with Gasteiger partial charge in [-0.2, -0.15) is 0 Å². The van der Waals surface area contributed by atoms with Crippen LogP contribution in [0.3, 0.4) is 0 Å². The van der Waals surface area contributed by atoms with E-state index in [1.807, 2.05) is 14.2 Å². The number of carboxylic acid groups (broad SMARTS) is 3. The van der Waals surface area contributed by atoms with Crippen molar-refractivity contribution >= 4 is 56.4 Å². The van der Waals surface area contributed by atoms with Gasteiger partial charge in [0, 0.05) is 19.6 Å². The quantitative estimate of drug-likeness (QED) is 0.273. The standard InChI is InChI=1S/3C2H4NO2S.2Fe/c3*4-2(5)1-3-6;;/h3*3H,1H2,(H,4,5);;/q3*-1;2*+3/p-3. The van der Waals surface area contributed by atoms with Gasteiger partial charge >= 0.3 is 34.1 Å². The van der Waals surface area contributed by atoms with E-state index in [1.54, 1.807) is 0 Å². The summed E-state index contributed by atoms with van der Waals surface area (Å²) in [6.07, 6.45) is 0. The van der Waals surface area contributed by atoms with E-state index in [1.165, 1.54) is 0 Å². The van der Waals surface area contributed by atoms with Crippen LogP contribution in [0.5, 0.6) is 0 Å². The summed E-state index contributed by atoms with van der Waals surface area (Å²) in [6, 6.07) is 0. The van der Waals surface area contributed by atoms with Crippen LogP contribution in [-0.4, -0.2) is 37.5 Å². The topological polar surface area (TPSA) is 156 Å². The van der Waals surface area contributed by atoms with Crippen molar-refractivity contribution in [3.05, 3.63) is 0 Å². The van der Waals surface area contributed by atoms with Crippen LogP contribution in [0.2, 0.25) is 0 Å². The fraction of sp³-hybridized carbons (Fsp3) is 0.500. The second-order valence-electron chi connectivity index (χ2n) is 2.08. The Hall–Kier alpha value is 0.379. The number of carbonyl (C=O) groups is 3. The Balaban J connectivity index is -0.0000000536. The maximum Gasteiger partial charge on any atom is 3.00 e. The largest absolute Gasteiger partial charge is 3.00 e. The molecule has 0 saturated heterocycles. The molecule has 14 heteroatoms. The van der Waals surface area contributed by atoms with Gasteiger partial charge in [0.1, 0.15) is 0 Å². The molecule has 0 aliphatic carbocycles. The summed E-state index contributed by atoms with van der Waals surface area (Å²) in [7, 11) is 0. The van der Waals surface area contributed by atoms with Gasteiger partial charge in [0.05, 0.1) is 17.9 Å². The molecule has 0 spiro atoms. The summed E-state index contributed by atoms with van der Waals surface area (Å²) in [5.74, 6) is -3.53. The molecule has 0 fully saturated rings. The van der Waals surface area contributed by atoms with Crippen LogP contribution in [0, 0.1) is 0 Å². The van der Waals surface area contributed by atoms with Crippen LogP contribution >= 0.6 is 0 Å². The fourth-order valence-electron chi connectivity index (χ4n) is 0.177. The Morgan fingerprint density at radius 1 is 0.650 bits per heavy atom. The molecule has 0 bridgehead atoms. The first kappa shape index (κ1) is 32.4. The van der Waals surface area contributed by atoms with Gasteiger partial charge < -0.3 is 82.3 Å². The van der Waals surface area contributed by atoms with E-state index in [0.717, 1.165) is 0 Å². The molecular weight excluding hydrogens is 418 g/mol. The van der Waals surface area contributed by atoms with Crippen LogP contribution in [0.4, 0.5) is 0 Å². The van der Waals surface area contributed by atoms with Crippen molar-refractivity contribution in [1.82, 2.24) is 14.2 Å². The van der Waals surface area contributed by atoms with E-state index in [4.69, 9.17) is 0 Å². The van der Waals surface area contributed by atoms with Crippen molar-refractivity contribution < 1.29 is 63.8 Å². The molecule has 0 aliphatic rings. The van der Waals surface area contributed by atoms with Crippen LogP contribution in [-0.2, 0) is 87.0 Å². The van der Waals surface area contributed by atoms with Gasteiger partial charge in [0.2, 0.25) is 0 Å². The number of rotatable bonds is 6. The molecule has 0 unspecified atom stereocenters. The average molecular weight is 427 g/mol. The van der Waals surface area contributed by atoms with Crippen molar-refractivity contribution in [2.45, 2.75) is 0 Å². The zero-order valence-electron chi connectivity index (χ0n) is 9.50. The van der Waals surface area contributed by atoms with Gasteiger partial charge in [-0.3, -0.25) is 0 Å². The van der Waals surface area contributed by atoms with Gasteiger partial charge in [-0.25, -0.2) is 0 Å². The predicted molar refractivity (Wildman–Crippen MR) is 61.1 cm³/mol. The van der Waals surface area contributed by atoms with E-state index >= 15 is 0 Å². The minimum absolute atomic E-state index is 0. The second kappa shape index (κ2) is 27.7. The van der Waals surface area contributed by atoms with Gasteiger partial charge in [0.15, 0.2) is 0 Å². The van der Waals surface area contributed by atoms with Gasteiger partial charge in [-0.05, 0) is 0 Å². The predicted octanol–water partition coefficient (Wildman–Crippen LogP) is -6.64. The Kier molecular flexibility index (Phi) is 44.8. The normalized spacial score (nSPS) is 7.35. The molecule has 0 saturated carbocycles. The maximum absolute atomic E-state index is 9.36. The first-order chi connectivity index (χ1) is 8.31. The molecule has 9 nitrogen and oxygen atoms in total. The molecule has 0 aromatic rings. The fourth-order valence-corrected chi connectivity index (χ4v) is 0.530. The molecule has 0 aromatic heterocycles. The molecule has 0 atom stereocenters. The number of hydrogen-bond donors (Lipinski definition) is 3. The molecule has 0 heterocycles. The summed E-state index contributed by atoms with van der Waals surface area (Å²) in [4.78, 5) is 28.1. The molecule has 0 amide bonds. The molecular formula is C6H9Fe2N3O6S3. The summed E-state index contributed by atoms with van der Waals surface area (Å²) < 4.78 is 5.97. The molecule has 2 radical (unpaired) electrons. The monoisotopic (exact) mass is 427 g/mol. The van der Waals surface area contributed by atoms with Gasteiger partial charge in [0.25, 0.3) is 0 Å². The van der Waals surface area contributed by atoms with Crippen LogP contribution in [0.25, 0.3) is 0 Å². The number of carboxylic acids is 3.